The van der Waals surface area contributed by atoms with Crippen molar-refractivity contribution in [2.75, 3.05) is 6.54 Å². The summed E-state index contributed by atoms with van der Waals surface area (Å²) >= 11 is 0. The molecule has 3 heteroatoms. The lowest BCUT2D eigenvalue weighted by Gasteiger charge is -2.22. The zero-order valence-electron chi connectivity index (χ0n) is 9.34. The quantitative estimate of drug-likeness (QED) is 0.723. The minimum Gasteiger partial charge on any atom is -0.297 e. The Bertz CT molecular complexity index is 240. The summed E-state index contributed by atoms with van der Waals surface area (Å²) in [5, 5.41) is 2.26. The molecule has 14 heavy (non-hydrogen) atoms. The van der Waals surface area contributed by atoms with Crippen LogP contribution in [0.3, 0.4) is 0 Å². The van der Waals surface area contributed by atoms with Gasteiger partial charge in [-0.25, -0.2) is 10.4 Å². The standard InChI is InChI=1S/C11H20N2O/c1-11(2,3)10(14)9-6-7-13(12-9)8-4-5-8/h8-9,12H,4-7H2,1-3H3. The summed E-state index contributed by atoms with van der Waals surface area (Å²) in [5.74, 6) is 0.348. The minimum absolute atomic E-state index is 0.0654. The molecule has 2 aliphatic rings. The maximum atomic E-state index is 12.0. The van der Waals surface area contributed by atoms with Gasteiger partial charge >= 0.3 is 0 Å². The Morgan fingerprint density at radius 1 is 1.29 bits per heavy atom. The van der Waals surface area contributed by atoms with E-state index in [-0.39, 0.29) is 11.5 Å². The number of rotatable bonds is 2. The van der Waals surface area contributed by atoms with E-state index >= 15 is 0 Å². The molecule has 1 unspecified atom stereocenters. The third-order valence-corrected chi connectivity index (χ3v) is 3.02. The number of nitrogens with one attached hydrogen (secondary N) is 1. The summed E-state index contributed by atoms with van der Waals surface area (Å²) in [4.78, 5) is 12.0. The Kier molecular flexibility index (Phi) is 2.40. The average Bonchev–Trinajstić information content (AvgIpc) is 2.82. The monoisotopic (exact) mass is 196 g/mol. The fourth-order valence-corrected chi connectivity index (χ4v) is 1.98. The first kappa shape index (κ1) is 10.1. The second-order valence-electron chi connectivity index (χ2n) is 5.51. The number of ketones is 1. The lowest BCUT2D eigenvalue weighted by atomic mass is 9.86. The van der Waals surface area contributed by atoms with Crippen molar-refractivity contribution in [3.8, 4) is 0 Å². The van der Waals surface area contributed by atoms with Crippen LogP contribution in [-0.4, -0.2) is 29.4 Å². The molecule has 1 aliphatic heterocycles. The largest absolute Gasteiger partial charge is 0.297 e. The summed E-state index contributed by atoms with van der Waals surface area (Å²) in [6, 6.07) is 0.781. The van der Waals surface area contributed by atoms with E-state index in [4.69, 9.17) is 0 Å². The van der Waals surface area contributed by atoms with Gasteiger partial charge in [0.1, 0.15) is 0 Å². The van der Waals surface area contributed by atoms with Crippen LogP contribution in [0.4, 0.5) is 0 Å². The smallest absolute Gasteiger partial charge is 0.156 e. The SMILES string of the molecule is CC(C)(C)C(=O)C1CCN(C2CC2)N1. The highest BCUT2D eigenvalue weighted by Gasteiger charge is 2.39. The van der Waals surface area contributed by atoms with Crippen LogP contribution in [0.1, 0.15) is 40.0 Å². The molecule has 1 N–H and O–H groups in total. The van der Waals surface area contributed by atoms with Crippen LogP contribution in [0, 0.1) is 5.41 Å². The van der Waals surface area contributed by atoms with Gasteiger partial charge in [0.05, 0.1) is 6.04 Å². The lowest BCUT2D eigenvalue weighted by Crippen LogP contribution is -2.44. The Morgan fingerprint density at radius 3 is 2.43 bits per heavy atom. The van der Waals surface area contributed by atoms with Crippen LogP contribution in [0.25, 0.3) is 0 Å². The van der Waals surface area contributed by atoms with Gasteiger partial charge in [-0.15, -0.1) is 0 Å². The number of hydrogen-bond acceptors (Lipinski definition) is 3. The average molecular weight is 196 g/mol. The van der Waals surface area contributed by atoms with Crippen LogP contribution in [0.2, 0.25) is 0 Å². The minimum atomic E-state index is -0.211. The topological polar surface area (TPSA) is 32.3 Å². The van der Waals surface area contributed by atoms with Crippen molar-refractivity contribution in [1.29, 1.82) is 0 Å². The first-order valence-electron chi connectivity index (χ1n) is 5.55. The van der Waals surface area contributed by atoms with E-state index < -0.39 is 0 Å². The molecule has 0 aromatic rings. The normalized spacial score (nSPS) is 29.5. The maximum absolute atomic E-state index is 12.0. The molecular formula is C11H20N2O. The van der Waals surface area contributed by atoms with Crippen molar-refractivity contribution in [1.82, 2.24) is 10.4 Å². The summed E-state index contributed by atoms with van der Waals surface area (Å²) in [6.07, 6.45) is 3.57. The van der Waals surface area contributed by atoms with Gasteiger partial charge in [0.25, 0.3) is 0 Å². The van der Waals surface area contributed by atoms with Gasteiger partial charge in [-0.3, -0.25) is 4.79 Å². The molecule has 2 fully saturated rings. The Balaban J connectivity index is 1.91. The summed E-state index contributed by atoms with van der Waals surface area (Å²) < 4.78 is 0. The van der Waals surface area contributed by atoms with Crippen LogP contribution in [0.5, 0.6) is 0 Å². The van der Waals surface area contributed by atoms with Crippen molar-refractivity contribution < 1.29 is 4.79 Å². The van der Waals surface area contributed by atoms with Crippen molar-refractivity contribution in [3.05, 3.63) is 0 Å². The van der Waals surface area contributed by atoms with Crippen molar-refractivity contribution in [2.45, 2.75) is 52.1 Å². The Morgan fingerprint density at radius 2 is 1.93 bits per heavy atom. The molecule has 3 nitrogen and oxygen atoms in total. The molecule has 2 rings (SSSR count). The van der Waals surface area contributed by atoms with E-state index in [0.29, 0.717) is 11.8 Å². The molecule has 0 aromatic heterocycles. The Hall–Kier alpha value is -0.410. The van der Waals surface area contributed by atoms with Gasteiger partial charge in [-0.1, -0.05) is 20.8 Å². The van der Waals surface area contributed by atoms with Gasteiger partial charge in [0, 0.05) is 18.0 Å². The van der Waals surface area contributed by atoms with Crippen LogP contribution in [0.15, 0.2) is 0 Å². The maximum Gasteiger partial charge on any atom is 0.156 e. The fourth-order valence-electron chi connectivity index (χ4n) is 1.98. The molecular weight excluding hydrogens is 176 g/mol. The van der Waals surface area contributed by atoms with E-state index in [1.165, 1.54) is 12.8 Å². The molecule has 80 valence electrons. The summed E-state index contributed by atoms with van der Waals surface area (Å²) in [7, 11) is 0. The van der Waals surface area contributed by atoms with E-state index in [2.05, 4.69) is 10.4 Å². The lowest BCUT2D eigenvalue weighted by molar-refractivity contribution is -0.128. The van der Waals surface area contributed by atoms with Gasteiger partial charge < -0.3 is 0 Å². The molecule has 0 aromatic carbocycles. The molecule has 1 aliphatic carbocycles. The zero-order chi connectivity index (χ0) is 10.3. The second kappa shape index (κ2) is 3.31. The number of Topliss-reactive ketones (excluding diaryl/α,β-unsaturated/α-hetero) is 1. The summed E-state index contributed by atoms with van der Waals surface area (Å²) in [6.45, 7) is 7.03. The summed E-state index contributed by atoms with van der Waals surface area (Å²) in [5.41, 5.74) is 3.13. The zero-order valence-corrected chi connectivity index (χ0v) is 9.34. The number of hydrogen-bond donors (Lipinski definition) is 1. The molecule has 1 saturated carbocycles. The van der Waals surface area contributed by atoms with Crippen LogP contribution >= 0.6 is 0 Å². The van der Waals surface area contributed by atoms with Gasteiger partial charge in [-0.05, 0) is 19.3 Å². The number of hydrazine groups is 1. The molecule has 0 bridgehead atoms. The van der Waals surface area contributed by atoms with Gasteiger partial charge in [0.2, 0.25) is 0 Å². The Labute approximate surface area is 85.8 Å². The molecule has 1 heterocycles. The number of carbonyl (C=O) groups is 1. The van der Waals surface area contributed by atoms with Crippen molar-refractivity contribution in [3.63, 3.8) is 0 Å². The van der Waals surface area contributed by atoms with E-state index in [0.717, 1.165) is 13.0 Å². The highest BCUT2D eigenvalue weighted by atomic mass is 16.1. The van der Waals surface area contributed by atoms with Crippen LogP contribution in [-0.2, 0) is 4.79 Å². The molecule has 0 spiro atoms. The van der Waals surface area contributed by atoms with E-state index in [1.807, 2.05) is 20.8 Å². The predicted octanol–water partition coefficient (Wildman–Crippen LogP) is 1.34. The highest BCUT2D eigenvalue weighted by Crippen LogP contribution is 2.29. The first-order chi connectivity index (χ1) is 6.48. The molecule has 1 atom stereocenters. The van der Waals surface area contributed by atoms with E-state index in [1.54, 1.807) is 0 Å². The third kappa shape index (κ3) is 1.98. The number of carbonyl (C=O) groups excluding carboxylic acids is 1. The first-order valence-corrected chi connectivity index (χ1v) is 5.55. The highest BCUT2D eigenvalue weighted by molar-refractivity contribution is 5.88. The molecule has 0 radical (unpaired) electrons. The van der Waals surface area contributed by atoms with Gasteiger partial charge in [-0.2, -0.15) is 0 Å². The fraction of sp³-hybridized carbons (Fsp3) is 0.909. The molecule has 0 amide bonds. The number of nitrogens with zero attached hydrogens (tertiary/aromatic N) is 1. The van der Waals surface area contributed by atoms with Crippen molar-refractivity contribution >= 4 is 5.78 Å². The predicted molar refractivity (Wildman–Crippen MR) is 55.7 cm³/mol. The van der Waals surface area contributed by atoms with Gasteiger partial charge in [0.15, 0.2) is 5.78 Å². The van der Waals surface area contributed by atoms with Crippen molar-refractivity contribution in [2.24, 2.45) is 5.41 Å². The third-order valence-electron chi connectivity index (χ3n) is 3.02. The molecule has 1 saturated heterocycles. The van der Waals surface area contributed by atoms with E-state index in [9.17, 15) is 4.79 Å². The second-order valence-corrected chi connectivity index (χ2v) is 5.51. The van der Waals surface area contributed by atoms with Crippen LogP contribution < -0.4 is 5.43 Å².